The molecule has 0 aliphatic heterocycles. The number of amides is 2. The molecule has 3 rings (SSSR count). The summed E-state index contributed by atoms with van der Waals surface area (Å²) in [6.45, 7) is 1.95. The van der Waals surface area contributed by atoms with Gasteiger partial charge in [0.2, 0.25) is 0 Å². The first-order valence-electron chi connectivity index (χ1n) is 9.41. The van der Waals surface area contributed by atoms with Crippen LogP contribution in [0.3, 0.4) is 0 Å². The molecule has 0 fully saturated rings. The van der Waals surface area contributed by atoms with Crippen molar-refractivity contribution in [2.45, 2.75) is 13.5 Å². The molecule has 164 valence electrons. The zero-order valence-electron chi connectivity index (χ0n) is 16.9. The number of benzene rings is 3. The molecule has 2 N–H and O–H groups in total. The highest BCUT2D eigenvalue weighted by atomic mass is 79.9. The van der Waals surface area contributed by atoms with E-state index >= 15 is 0 Å². The quantitative estimate of drug-likeness (QED) is 0.238. The number of carbonyl (C=O) groups excluding carboxylic acids is 2. The minimum atomic E-state index is -0.871. The lowest BCUT2D eigenvalue weighted by Gasteiger charge is -2.10. The minimum Gasteiger partial charge on any atom is -0.489 e. The van der Waals surface area contributed by atoms with Crippen molar-refractivity contribution in [3.63, 3.8) is 0 Å². The average Bonchev–Trinajstić information content (AvgIpc) is 2.78. The van der Waals surface area contributed by atoms with Gasteiger partial charge in [-0.1, -0.05) is 45.2 Å². The fraction of sp³-hybridized carbons (Fsp3) is 0.0870. The van der Waals surface area contributed by atoms with Gasteiger partial charge in [0.05, 0.1) is 5.71 Å². The summed E-state index contributed by atoms with van der Waals surface area (Å²) in [4.78, 5) is 24.0. The SMILES string of the molecule is CC(=NNC(=O)C(=O)Nc1ccc(Br)cc1)c1ccc(OCc2c(Cl)cccc2Cl)cc1. The lowest BCUT2D eigenvalue weighted by atomic mass is 10.1. The number of ether oxygens (including phenoxy) is 1. The van der Waals surface area contributed by atoms with Gasteiger partial charge in [0, 0.05) is 25.8 Å². The molecule has 0 aliphatic carbocycles. The molecule has 9 heteroatoms. The minimum absolute atomic E-state index is 0.231. The van der Waals surface area contributed by atoms with Crippen LogP contribution in [0.1, 0.15) is 18.1 Å². The van der Waals surface area contributed by atoms with Crippen molar-refractivity contribution in [1.82, 2.24) is 5.43 Å². The molecule has 0 spiro atoms. The van der Waals surface area contributed by atoms with E-state index in [-0.39, 0.29) is 6.61 Å². The Hall–Kier alpha value is -2.87. The predicted molar refractivity (Wildman–Crippen MR) is 130 cm³/mol. The van der Waals surface area contributed by atoms with Crippen LogP contribution in [-0.2, 0) is 16.2 Å². The number of nitrogens with one attached hydrogen (secondary N) is 2. The highest BCUT2D eigenvalue weighted by Crippen LogP contribution is 2.26. The Bertz CT molecular complexity index is 1130. The van der Waals surface area contributed by atoms with Crippen LogP contribution < -0.4 is 15.5 Å². The van der Waals surface area contributed by atoms with Crippen molar-refractivity contribution in [2.24, 2.45) is 5.10 Å². The number of halogens is 3. The zero-order valence-corrected chi connectivity index (χ0v) is 20.0. The molecule has 0 bridgehead atoms. The predicted octanol–water partition coefficient (Wildman–Crippen LogP) is 5.81. The second-order valence-corrected chi connectivity index (χ2v) is 8.34. The maximum Gasteiger partial charge on any atom is 0.329 e. The van der Waals surface area contributed by atoms with E-state index in [4.69, 9.17) is 27.9 Å². The molecule has 3 aromatic carbocycles. The van der Waals surface area contributed by atoms with Gasteiger partial charge in [-0.2, -0.15) is 5.10 Å². The van der Waals surface area contributed by atoms with E-state index in [1.807, 2.05) is 0 Å². The van der Waals surface area contributed by atoms with Gasteiger partial charge in [-0.25, -0.2) is 5.43 Å². The number of hydrogen-bond acceptors (Lipinski definition) is 4. The van der Waals surface area contributed by atoms with Crippen molar-refractivity contribution in [3.8, 4) is 5.75 Å². The molecular weight excluding hydrogens is 517 g/mol. The maximum absolute atomic E-state index is 12.0. The molecule has 32 heavy (non-hydrogen) atoms. The molecule has 0 saturated heterocycles. The average molecular weight is 535 g/mol. The van der Waals surface area contributed by atoms with Gasteiger partial charge in [-0.3, -0.25) is 9.59 Å². The van der Waals surface area contributed by atoms with Crippen molar-refractivity contribution >= 4 is 62.3 Å². The van der Waals surface area contributed by atoms with E-state index in [1.165, 1.54) is 0 Å². The molecule has 0 radical (unpaired) electrons. The molecular formula is C23H18BrCl2N3O3. The van der Waals surface area contributed by atoms with Crippen LogP contribution in [0.15, 0.2) is 76.3 Å². The number of carbonyl (C=O) groups is 2. The molecule has 0 saturated carbocycles. The summed E-state index contributed by atoms with van der Waals surface area (Å²) in [6, 6.07) is 19.2. The third-order valence-corrected chi connectivity index (χ3v) is 5.59. The maximum atomic E-state index is 12.0. The molecule has 3 aromatic rings. The van der Waals surface area contributed by atoms with Crippen LogP contribution in [0.5, 0.6) is 5.75 Å². The normalized spacial score (nSPS) is 11.1. The first-order valence-corrected chi connectivity index (χ1v) is 11.0. The summed E-state index contributed by atoms with van der Waals surface area (Å²) in [6.07, 6.45) is 0. The largest absolute Gasteiger partial charge is 0.489 e. The molecule has 0 atom stereocenters. The van der Waals surface area contributed by atoms with Crippen molar-refractivity contribution in [3.05, 3.63) is 92.4 Å². The van der Waals surface area contributed by atoms with Crippen LogP contribution >= 0.6 is 39.1 Å². The summed E-state index contributed by atoms with van der Waals surface area (Å²) in [5, 5.41) is 7.57. The van der Waals surface area contributed by atoms with Crippen LogP contribution in [0.4, 0.5) is 5.69 Å². The fourth-order valence-corrected chi connectivity index (χ4v) is 3.36. The Balaban J connectivity index is 1.55. The molecule has 0 aliphatic rings. The first-order chi connectivity index (χ1) is 15.3. The zero-order chi connectivity index (χ0) is 23.1. The van der Waals surface area contributed by atoms with Crippen LogP contribution in [-0.4, -0.2) is 17.5 Å². The molecule has 6 nitrogen and oxygen atoms in total. The molecule has 0 aromatic heterocycles. The number of nitrogens with zero attached hydrogens (tertiary/aromatic N) is 1. The van der Waals surface area contributed by atoms with E-state index in [0.29, 0.717) is 32.8 Å². The Morgan fingerprint density at radius 1 is 0.938 bits per heavy atom. The highest BCUT2D eigenvalue weighted by Gasteiger charge is 2.13. The first kappa shape index (κ1) is 23.8. The van der Waals surface area contributed by atoms with E-state index < -0.39 is 11.8 Å². The fourth-order valence-electron chi connectivity index (χ4n) is 2.59. The standard InChI is InChI=1S/C23H18BrCl2N3O3/c1-14(28-29-23(31)22(30)27-17-9-7-16(24)8-10-17)15-5-11-18(12-6-15)32-13-19-20(25)3-2-4-21(19)26/h2-12H,13H2,1H3,(H,27,30)(H,29,31). The summed E-state index contributed by atoms with van der Waals surface area (Å²) < 4.78 is 6.61. The second kappa shape index (κ2) is 11.1. The summed E-state index contributed by atoms with van der Waals surface area (Å²) in [5.74, 6) is -1.06. The van der Waals surface area contributed by atoms with E-state index in [1.54, 1.807) is 73.7 Å². The van der Waals surface area contributed by atoms with E-state index in [9.17, 15) is 9.59 Å². The van der Waals surface area contributed by atoms with E-state index in [2.05, 4.69) is 31.8 Å². The second-order valence-electron chi connectivity index (χ2n) is 6.61. The van der Waals surface area contributed by atoms with Gasteiger partial charge >= 0.3 is 11.8 Å². The lowest BCUT2D eigenvalue weighted by Crippen LogP contribution is -2.32. The number of hydrogen-bond donors (Lipinski definition) is 2. The summed E-state index contributed by atoms with van der Waals surface area (Å²) in [7, 11) is 0. The molecule has 2 amide bonds. The summed E-state index contributed by atoms with van der Waals surface area (Å²) in [5.41, 5.74) is 4.74. The van der Waals surface area contributed by atoms with Crippen molar-refractivity contribution in [2.75, 3.05) is 5.32 Å². The highest BCUT2D eigenvalue weighted by molar-refractivity contribution is 9.10. The number of hydrazone groups is 1. The van der Waals surface area contributed by atoms with Crippen molar-refractivity contribution in [1.29, 1.82) is 0 Å². The Morgan fingerprint density at radius 3 is 2.19 bits per heavy atom. The summed E-state index contributed by atoms with van der Waals surface area (Å²) >= 11 is 15.6. The van der Waals surface area contributed by atoms with Gasteiger partial charge in [0.15, 0.2) is 0 Å². The Kier molecular flexibility index (Phi) is 8.27. The van der Waals surface area contributed by atoms with E-state index in [0.717, 1.165) is 10.0 Å². The third kappa shape index (κ3) is 6.56. The topological polar surface area (TPSA) is 79.8 Å². The Morgan fingerprint density at radius 2 is 1.56 bits per heavy atom. The van der Waals surface area contributed by atoms with Crippen molar-refractivity contribution < 1.29 is 14.3 Å². The van der Waals surface area contributed by atoms with Gasteiger partial charge in [0.1, 0.15) is 12.4 Å². The molecule has 0 unspecified atom stereocenters. The van der Waals surface area contributed by atoms with Crippen LogP contribution in [0.25, 0.3) is 0 Å². The number of anilines is 1. The van der Waals surface area contributed by atoms with Gasteiger partial charge < -0.3 is 10.1 Å². The lowest BCUT2D eigenvalue weighted by molar-refractivity contribution is -0.136. The number of rotatable bonds is 6. The van der Waals surface area contributed by atoms with Gasteiger partial charge in [-0.15, -0.1) is 0 Å². The molecule has 0 heterocycles. The van der Waals surface area contributed by atoms with Gasteiger partial charge in [0.25, 0.3) is 0 Å². The Labute approximate surface area is 203 Å². The van der Waals surface area contributed by atoms with Gasteiger partial charge in [-0.05, 0) is 73.2 Å². The van der Waals surface area contributed by atoms with Crippen LogP contribution in [0, 0.1) is 0 Å². The monoisotopic (exact) mass is 533 g/mol. The smallest absolute Gasteiger partial charge is 0.329 e. The van der Waals surface area contributed by atoms with Crippen LogP contribution in [0.2, 0.25) is 10.0 Å². The third-order valence-electron chi connectivity index (χ3n) is 4.35.